The van der Waals surface area contributed by atoms with Gasteiger partial charge in [0.2, 0.25) is 5.41 Å². The van der Waals surface area contributed by atoms with Crippen LogP contribution in [0.15, 0.2) is 126 Å². The van der Waals surface area contributed by atoms with Crippen molar-refractivity contribution in [2.24, 2.45) is 0 Å². The molecule has 6 rings (SSSR count). The van der Waals surface area contributed by atoms with Gasteiger partial charge in [-0.05, 0) is 69.4 Å². The number of unbranched alkanes of at least 4 members (excludes halogenated alkanes) is 1. The van der Waals surface area contributed by atoms with Crippen LogP contribution in [0.25, 0.3) is 10.8 Å². The number of rotatable bonds is 13. The number of ether oxygens (including phenoxy) is 4. The minimum absolute atomic E-state index is 0.144. The maximum atomic E-state index is 15.0. The molecule has 0 spiro atoms. The number of amides is 2. The first kappa shape index (κ1) is 35.4. The summed E-state index contributed by atoms with van der Waals surface area (Å²) in [5.74, 6) is -1.12. The summed E-state index contributed by atoms with van der Waals surface area (Å²) in [7, 11) is 1.21. The van der Waals surface area contributed by atoms with E-state index in [1.165, 1.54) is 13.2 Å². The molecule has 0 aliphatic carbocycles. The number of halogens is 1. The van der Waals surface area contributed by atoms with Crippen molar-refractivity contribution in [2.45, 2.75) is 44.3 Å². The molecule has 0 saturated heterocycles. The zero-order chi connectivity index (χ0) is 36.0. The van der Waals surface area contributed by atoms with Gasteiger partial charge in [0.05, 0.1) is 12.8 Å². The van der Waals surface area contributed by atoms with E-state index in [-0.39, 0.29) is 35.8 Å². The number of hydrogen-bond acceptors (Lipinski definition) is 7. The summed E-state index contributed by atoms with van der Waals surface area (Å²) in [6.07, 6.45) is 2.44. The molecule has 1 heterocycles. The second kappa shape index (κ2) is 15.6. The van der Waals surface area contributed by atoms with Crippen LogP contribution in [-0.4, -0.2) is 31.7 Å². The van der Waals surface area contributed by atoms with E-state index in [0.717, 1.165) is 39.6 Å². The predicted octanol–water partition coefficient (Wildman–Crippen LogP) is 9.62. The average molecular weight is 749 g/mol. The molecule has 0 fully saturated rings. The molecule has 1 aliphatic heterocycles. The van der Waals surface area contributed by atoms with Gasteiger partial charge in [0, 0.05) is 21.2 Å². The number of para-hydroxylation sites is 1. The third-order valence-electron chi connectivity index (χ3n) is 9.00. The van der Waals surface area contributed by atoms with E-state index < -0.39 is 29.5 Å². The molecule has 260 valence electrons. The summed E-state index contributed by atoms with van der Waals surface area (Å²) in [4.78, 5) is 43.8. The first-order chi connectivity index (χ1) is 24.8. The molecule has 51 heavy (non-hydrogen) atoms. The Labute approximate surface area is 305 Å². The van der Waals surface area contributed by atoms with Crippen molar-refractivity contribution >= 4 is 50.4 Å². The predicted molar refractivity (Wildman–Crippen MR) is 200 cm³/mol. The van der Waals surface area contributed by atoms with Crippen molar-refractivity contribution in [1.29, 1.82) is 0 Å². The lowest BCUT2D eigenvalue weighted by atomic mass is 9.74. The standard InChI is InChI=1S/C42H38BrNO7/c1-4-6-22-36(32-19-12-17-29-16-10-11-18-31(29)32)51-37-24-23-30(50-27-28-14-8-7-9-15-28)26-34(37)42(40(46)48-3)33-20-13-21-35(43)38(33)44(39(42)45)41(47)49-25-5-2/h5,7-21,23-24,26,36H,2,4,6,22,25,27H2,1,3H3/t36-,42+/m0/s1. The van der Waals surface area contributed by atoms with Crippen LogP contribution in [0.3, 0.4) is 0 Å². The Morgan fingerprint density at radius 2 is 1.67 bits per heavy atom. The normalized spacial score (nSPS) is 15.6. The fourth-order valence-corrected chi connectivity index (χ4v) is 7.15. The van der Waals surface area contributed by atoms with Gasteiger partial charge in [0.1, 0.15) is 30.8 Å². The molecule has 0 radical (unpaired) electrons. The molecule has 0 N–H and O–H groups in total. The number of carbonyl (C=O) groups excluding carboxylic acids is 3. The monoisotopic (exact) mass is 747 g/mol. The van der Waals surface area contributed by atoms with Gasteiger partial charge < -0.3 is 18.9 Å². The van der Waals surface area contributed by atoms with E-state index in [2.05, 4.69) is 47.6 Å². The highest BCUT2D eigenvalue weighted by Gasteiger charge is 2.62. The van der Waals surface area contributed by atoms with Crippen LogP contribution >= 0.6 is 15.9 Å². The highest BCUT2D eigenvalue weighted by atomic mass is 79.9. The van der Waals surface area contributed by atoms with Crippen molar-refractivity contribution < 1.29 is 33.3 Å². The van der Waals surface area contributed by atoms with Crippen molar-refractivity contribution in [2.75, 3.05) is 18.6 Å². The fraction of sp³-hybridized carbons (Fsp3) is 0.214. The number of imide groups is 1. The molecule has 5 aromatic carbocycles. The third kappa shape index (κ3) is 6.73. The molecule has 8 nitrogen and oxygen atoms in total. The zero-order valence-electron chi connectivity index (χ0n) is 28.5. The Hall–Kier alpha value is -5.41. The summed E-state index contributed by atoms with van der Waals surface area (Å²) < 4.78 is 24.4. The van der Waals surface area contributed by atoms with Gasteiger partial charge in [-0.15, -0.1) is 0 Å². The van der Waals surface area contributed by atoms with Crippen LogP contribution in [0.5, 0.6) is 11.5 Å². The van der Waals surface area contributed by atoms with Gasteiger partial charge in [-0.25, -0.2) is 9.69 Å². The second-order valence-corrected chi connectivity index (χ2v) is 13.0. The fourth-order valence-electron chi connectivity index (χ4n) is 6.61. The van der Waals surface area contributed by atoms with Crippen LogP contribution in [-0.2, 0) is 31.1 Å². The molecule has 9 heteroatoms. The molecule has 0 bridgehead atoms. The molecule has 2 atom stereocenters. The molecule has 0 saturated carbocycles. The van der Waals surface area contributed by atoms with Gasteiger partial charge in [0.15, 0.2) is 0 Å². The zero-order valence-corrected chi connectivity index (χ0v) is 30.1. The largest absolute Gasteiger partial charge is 0.489 e. The first-order valence-corrected chi connectivity index (χ1v) is 17.6. The molecule has 0 aromatic heterocycles. The number of hydrogen-bond donors (Lipinski definition) is 0. The van der Waals surface area contributed by atoms with Gasteiger partial charge in [0.25, 0.3) is 5.91 Å². The van der Waals surface area contributed by atoms with E-state index in [1.807, 2.05) is 54.6 Å². The lowest BCUT2D eigenvalue weighted by Gasteiger charge is -2.30. The summed E-state index contributed by atoms with van der Waals surface area (Å²) in [5, 5.41) is 2.10. The van der Waals surface area contributed by atoms with E-state index in [9.17, 15) is 14.4 Å². The lowest BCUT2D eigenvalue weighted by molar-refractivity contribution is -0.149. The second-order valence-electron chi connectivity index (χ2n) is 12.1. The number of fused-ring (bicyclic) bond motifs is 2. The van der Waals surface area contributed by atoms with Crippen LogP contribution in [0, 0.1) is 0 Å². The van der Waals surface area contributed by atoms with Crippen molar-refractivity contribution in [1.82, 2.24) is 0 Å². The van der Waals surface area contributed by atoms with Crippen LogP contribution < -0.4 is 14.4 Å². The molecular weight excluding hydrogens is 710 g/mol. The van der Waals surface area contributed by atoms with E-state index in [1.54, 1.807) is 36.4 Å². The molecule has 0 unspecified atom stereocenters. The quantitative estimate of drug-likeness (QED) is 0.0673. The summed E-state index contributed by atoms with van der Waals surface area (Å²) in [6.45, 7) is 5.82. The van der Waals surface area contributed by atoms with Gasteiger partial charge in [-0.1, -0.05) is 111 Å². The Morgan fingerprint density at radius 1 is 0.922 bits per heavy atom. The van der Waals surface area contributed by atoms with Crippen molar-refractivity contribution in [3.05, 3.63) is 149 Å². The van der Waals surface area contributed by atoms with Gasteiger partial charge in [-0.3, -0.25) is 9.59 Å². The molecule has 2 amide bonds. The summed E-state index contributed by atoms with van der Waals surface area (Å²) >= 11 is 3.52. The Balaban J connectivity index is 1.57. The Kier molecular flexibility index (Phi) is 10.9. The summed E-state index contributed by atoms with van der Waals surface area (Å²) in [5.41, 5.74) is 0.297. The number of anilines is 1. The SMILES string of the molecule is C=CCOC(=O)N1C(=O)[C@](C(=O)OC)(c2cc(OCc3ccccc3)ccc2O[C@@H](CCCC)c2cccc3ccccc23)c2cccc(Br)c21. The maximum absolute atomic E-state index is 15.0. The highest BCUT2D eigenvalue weighted by molar-refractivity contribution is 9.10. The Bertz CT molecular complexity index is 2080. The number of esters is 1. The number of nitrogens with zero attached hydrogens (tertiary/aromatic N) is 1. The van der Waals surface area contributed by atoms with E-state index in [4.69, 9.17) is 18.9 Å². The van der Waals surface area contributed by atoms with Crippen molar-refractivity contribution in [3.63, 3.8) is 0 Å². The smallest absolute Gasteiger partial charge is 0.421 e. The molecular formula is C42H38BrNO7. The van der Waals surface area contributed by atoms with E-state index >= 15 is 0 Å². The van der Waals surface area contributed by atoms with Crippen LogP contribution in [0.1, 0.15) is 54.5 Å². The van der Waals surface area contributed by atoms with Gasteiger partial charge >= 0.3 is 12.1 Å². The molecule has 5 aromatic rings. The average Bonchev–Trinajstić information content (AvgIpc) is 3.44. The van der Waals surface area contributed by atoms with Gasteiger partial charge in [-0.2, -0.15) is 0 Å². The molecule has 1 aliphatic rings. The number of methoxy groups -OCH3 is 1. The maximum Gasteiger partial charge on any atom is 0.421 e. The van der Waals surface area contributed by atoms with E-state index in [0.29, 0.717) is 16.6 Å². The van der Waals surface area contributed by atoms with Crippen LogP contribution in [0.2, 0.25) is 0 Å². The minimum Gasteiger partial charge on any atom is -0.489 e. The lowest BCUT2D eigenvalue weighted by Crippen LogP contribution is -2.49. The first-order valence-electron chi connectivity index (χ1n) is 16.8. The third-order valence-corrected chi connectivity index (χ3v) is 9.64. The minimum atomic E-state index is -2.17. The van der Waals surface area contributed by atoms with Crippen LogP contribution in [0.4, 0.5) is 10.5 Å². The number of benzene rings is 5. The highest BCUT2D eigenvalue weighted by Crippen LogP contribution is 2.53. The van der Waals surface area contributed by atoms with Crippen molar-refractivity contribution in [3.8, 4) is 11.5 Å². The summed E-state index contributed by atoms with van der Waals surface area (Å²) in [6, 6.07) is 34.0. The number of carbonyl (C=O) groups is 3. The topological polar surface area (TPSA) is 91.4 Å². The Morgan fingerprint density at radius 3 is 2.43 bits per heavy atom.